The lowest BCUT2D eigenvalue weighted by molar-refractivity contribution is -0.127. The summed E-state index contributed by atoms with van der Waals surface area (Å²) in [6.45, 7) is 11.2. The fourth-order valence-corrected chi connectivity index (χ4v) is 7.06. The van der Waals surface area contributed by atoms with Crippen LogP contribution in [0.1, 0.15) is 58.9 Å². The number of nitrogens with one attached hydrogen (secondary N) is 1. The summed E-state index contributed by atoms with van der Waals surface area (Å²) in [7, 11) is 1.47. The minimum atomic E-state index is -0.798. The second kappa shape index (κ2) is 25.3. The minimum absolute atomic E-state index is 0.0830. The zero-order valence-corrected chi connectivity index (χ0v) is 36.1. The average molecular weight is 877 g/mol. The van der Waals surface area contributed by atoms with Crippen molar-refractivity contribution in [1.29, 1.82) is 0 Å². The Labute approximate surface area is 372 Å². The minimum Gasteiger partial charge on any atom is -0.458 e. The van der Waals surface area contributed by atoms with Gasteiger partial charge in [-0.15, -0.1) is 0 Å². The number of nitrogens with two attached hydrogens (primary N) is 1. The zero-order valence-electron chi connectivity index (χ0n) is 36.1. The molecule has 17 nitrogen and oxygen atoms in total. The summed E-state index contributed by atoms with van der Waals surface area (Å²) < 4.78 is 24.6. The summed E-state index contributed by atoms with van der Waals surface area (Å²) in [6, 6.07) is 11.4. The van der Waals surface area contributed by atoms with E-state index in [1.54, 1.807) is 36.4 Å². The molecule has 338 valence electrons. The Balaban J connectivity index is 0.990. The maximum atomic E-state index is 13.3. The number of anilines is 2. The van der Waals surface area contributed by atoms with Gasteiger partial charge in [0.1, 0.15) is 41.9 Å². The number of hydrogen-bond acceptors (Lipinski definition) is 14. The molecule has 1 saturated heterocycles. The van der Waals surface area contributed by atoms with Gasteiger partial charge in [-0.2, -0.15) is 5.10 Å². The normalized spacial score (nSPS) is 14.4. The van der Waals surface area contributed by atoms with Crippen LogP contribution in [0.5, 0.6) is 5.75 Å². The van der Waals surface area contributed by atoms with E-state index in [0.29, 0.717) is 124 Å². The third kappa shape index (κ3) is 13.3. The van der Waals surface area contributed by atoms with Crippen LogP contribution in [-0.2, 0) is 28.6 Å². The molecule has 2 unspecified atom stereocenters. The first kappa shape index (κ1) is 48.2. The molecule has 0 spiro atoms. The van der Waals surface area contributed by atoms with Gasteiger partial charge in [0.05, 0.1) is 62.7 Å². The first-order chi connectivity index (χ1) is 31.2. The van der Waals surface area contributed by atoms with E-state index in [1.165, 1.54) is 24.3 Å². The molecule has 17 heteroatoms. The summed E-state index contributed by atoms with van der Waals surface area (Å²) >= 11 is 0. The predicted molar refractivity (Wildman–Crippen MR) is 243 cm³/mol. The molecule has 1 aliphatic rings. The molecule has 1 aliphatic heterocycles. The van der Waals surface area contributed by atoms with Crippen LogP contribution in [0.3, 0.4) is 0 Å². The van der Waals surface area contributed by atoms with Gasteiger partial charge < -0.3 is 49.4 Å². The molecule has 2 atom stereocenters. The number of piperidine rings is 1. The molecule has 2 amide bonds. The quantitative estimate of drug-likeness (QED) is 0.0252. The van der Waals surface area contributed by atoms with Crippen molar-refractivity contribution in [1.82, 2.24) is 29.5 Å². The molecule has 0 bridgehead atoms. The Morgan fingerprint density at radius 1 is 0.984 bits per heavy atom. The molecule has 1 fully saturated rings. The molecule has 2 aromatic heterocycles. The van der Waals surface area contributed by atoms with Gasteiger partial charge in [-0.25, -0.2) is 14.6 Å². The van der Waals surface area contributed by atoms with Crippen LogP contribution in [0.2, 0.25) is 0 Å². The van der Waals surface area contributed by atoms with Crippen LogP contribution >= 0.6 is 0 Å². The topological polar surface area (TPSA) is 210 Å². The van der Waals surface area contributed by atoms with Gasteiger partial charge in [-0.05, 0) is 68.2 Å². The second-order valence-corrected chi connectivity index (χ2v) is 14.7. The number of likely N-dealkylation sites (N-methyl/N-ethyl adjacent to an activating group) is 1. The summed E-state index contributed by atoms with van der Waals surface area (Å²) in [5.74, 6) is 0.826. The van der Waals surface area contributed by atoms with E-state index in [2.05, 4.69) is 28.4 Å². The van der Waals surface area contributed by atoms with Crippen molar-refractivity contribution in [3.63, 3.8) is 0 Å². The van der Waals surface area contributed by atoms with Crippen LogP contribution in [0, 0.1) is 0 Å². The lowest BCUT2D eigenvalue weighted by Gasteiger charge is -2.32. The molecule has 0 aliphatic carbocycles. The van der Waals surface area contributed by atoms with Gasteiger partial charge in [0.15, 0.2) is 11.9 Å². The fraction of sp³-hybridized carbons (Fsp3) is 0.362. The number of carbonyl (C=O) groups excluding carboxylic acids is 5. The number of benzene rings is 2. The van der Waals surface area contributed by atoms with E-state index in [0.717, 1.165) is 18.4 Å². The maximum Gasteiger partial charge on any atom is 0.257 e. The Hall–Kier alpha value is -6.82. The number of nitrogens with zero attached hydrogens (tertiary/aromatic N) is 6. The van der Waals surface area contributed by atoms with Crippen LogP contribution in [0.15, 0.2) is 98.1 Å². The highest BCUT2D eigenvalue weighted by Crippen LogP contribution is 2.34. The van der Waals surface area contributed by atoms with Gasteiger partial charge in [-0.3, -0.25) is 14.4 Å². The Morgan fingerprint density at radius 3 is 2.45 bits per heavy atom. The Bertz CT molecular complexity index is 2290. The Morgan fingerprint density at radius 2 is 1.73 bits per heavy atom. The van der Waals surface area contributed by atoms with Crippen molar-refractivity contribution in [2.45, 2.75) is 44.2 Å². The molecule has 4 aromatic rings. The van der Waals surface area contributed by atoms with Crippen LogP contribution in [-0.4, -0.2) is 133 Å². The molecule has 0 radical (unpaired) electrons. The number of ether oxygens (including phenoxy) is 4. The summed E-state index contributed by atoms with van der Waals surface area (Å²) in [6.07, 6.45) is 14.3. The zero-order chi connectivity index (χ0) is 45.7. The first-order valence-electron chi connectivity index (χ1n) is 21.1. The molecule has 3 N–H and O–H groups in total. The lowest BCUT2D eigenvalue weighted by atomic mass is 10.0. The van der Waals surface area contributed by atoms with Crippen LogP contribution in [0.4, 0.5) is 11.5 Å². The van der Waals surface area contributed by atoms with Crippen molar-refractivity contribution in [3.8, 4) is 17.0 Å². The van der Waals surface area contributed by atoms with Gasteiger partial charge in [0.25, 0.3) is 5.91 Å². The number of allylic oxidation sites excluding steroid dienone is 3. The molecule has 3 heterocycles. The number of rotatable bonds is 27. The highest BCUT2D eigenvalue weighted by Gasteiger charge is 2.29. The number of aromatic nitrogens is 4. The van der Waals surface area contributed by atoms with Crippen LogP contribution in [0.25, 0.3) is 22.3 Å². The van der Waals surface area contributed by atoms with Gasteiger partial charge in [-0.1, -0.05) is 43.5 Å². The first-order valence-corrected chi connectivity index (χ1v) is 21.1. The molecule has 5 rings (SSSR count). The standard InChI is InChI=1S/C47H56N8O9/c1-4-5-11-34(2)64-39-19-17-35(18-20-39)44-43-45(48)50-33-51-46(43)55(52-44)37-13-9-22-54(30-37)41(59)16-6-7-24-61-26-28-63-29-27-62-25-21-49-40-15-8-12-36(31-57)42(40)47(60)53(3)38(32-58)14-10-23-56/h4-6,8,11-12,15-20,23,31-33,37-38,49H,1-2,7,9-10,13-14,21-22,24-30H2,3H3,(H2,48,50,51)/b11-5-,16-6+. The van der Waals surface area contributed by atoms with Crippen molar-refractivity contribution < 1.29 is 42.9 Å². The maximum absolute atomic E-state index is 13.3. The van der Waals surface area contributed by atoms with E-state index in [-0.39, 0.29) is 35.9 Å². The van der Waals surface area contributed by atoms with E-state index < -0.39 is 11.9 Å². The number of amides is 2. The molecule has 64 heavy (non-hydrogen) atoms. The van der Waals surface area contributed by atoms with E-state index >= 15 is 0 Å². The van der Waals surface area contributed by atoms with Crippen molar-refractivity contribution in [2.75, 3.05) is 77.4 Å². The van der Waals surface area contributed by atoms with Crippen molar-refractivity contribution in [2.24, 2.45) is 0 Å². The number of nitrogen functional groups attached to an aromatic ring is 1. The van der Waals surface area contributed by atoms with Crippen molar-refractivity contribution in [3.05, 3.63) is 109 Å². The van der Waals surface area contributed by atoms with E-state index in [9.17, 15) is 24.0 Å². The number of likely N-dealkylation sites (tertiary alicyclic amines) is 1. The molecular weight excluding hydrogens is 821 g/mol. The van der Waals surface area contributed by atoms with E-state index in [1.807, 2.05) is 39.9 Å². The lowest BCUT2D eigenvalue weighted by Crippen LogP contribution is -2.40. The number of fused-ring (bicyclic) bond motifs is 1. The number of hydrogen-bond donors (Lipinski definition) is 2. The SMILES string of the molecule is C=C/C=C\C(=C)Oc1ccc(-c2nn(C3CCCN(C(=O)/C=C/CCOCCOCCOCCNc4cccc(C=O)c4C(=O)N(C)C(C=O)CCC=O)C3)c3ncnc(N)c23)cc1. The van der Waals surface area contributed by atoms with Crippen LogP contribution < -0.4 is 15.8 Å². The van der Waals surface area contributed by atoms with Crippen molar-refractivity contribution >= 4 is 53.2 Å². The average Bonchev–Trinajstić information content (AvgIpc) is 3.72. The number of aldehydes is 3. The summed E-state index contributed by atoms with van der Waals surface area (Å²) in [4.78, 5) is 72.5. The Kier molecular flexibility index (Phi) is 19.1. The second-order valence-electron chi connectivity index (χ2n) is 14.7. The third-order valence-corrected chi connectivity index (χ3v) is 10.4. The van der Waals surface area contributed by atoms with Gasteiger partial charge in [0.2, 0.25) is 5.91 Å². The van der Waals surface area contributed by atoms with Gasteiger partial charge >= 0.3 is 0 Å². The summed E-state index contributed by atoms with van der Waals surface area (Å²) in [5, 5.41) is 8.75. The van der Waals surface area contributed by atoms with Gasteiger partial charge in [0, 0.05) is 49.9 Å². The largest absolute Gasteiger partial charge is 0.458 e. The summed E-state index contributed by atoms with van der Waals surface area (Å²) in [5.41, 5.74) is 9.19. The highest BCUT2D eigenvalue weighted by molar-refractivity contribution is 6.06. The number of carbonyl (C=O) groups is 5. The molecular formula is C47H56N8O9. The third-order valence-electron chi connectivity index (χ3n) is 10.4. The predicted octanol–water partition coefficient (Wildman–Crippen LogP) is 5.41. The highest BCUT2D eigenvalue weighted by atomic mass is 16.5. The van der Waals surface area contributed by atoms with E-state index in [4.69, 9.17) is 29.8 Å². The molecule has 2 aromatic carbocycles. The smallest absolute Gasteiger partial charge is 0.257 e. The fourth-order valence-electron chi connectivity index (χ4n) is 7.06. The molecule has 0 saturated carbocycles. The monoisotopic (exact) mass is 876 g/mol.